The highest BCUT2D eigenvalue weighted by molar-refractivity contribution is 7.92. The average Bonchev–Trinajstić information content (AvgIpc) is 2.76. The molecule has 5 rings (SSSR count). The quantitative estimate of drug-likeness (QED) is 0.217. The summed E-state index contributed by atoms with van der Waals surface area (Å²) in [6.45, 7) is 1.86. The van der Waals surface area contributed by atoms with Gasteiger partial charge in [0.05, 0.1) is 4.90 Å². The van der Waals surface area contributed by atoms with E-state index >= 15 is 0 Å². The van der Waals surface area contributed by atoms with Crippen molar-refractivity contribution in [1.29, 1.82) is 0 Å². The number of aryl methyl sites for hydroxylation is 1. The zero-order chi connectivity index (χ0) is 22.6. The number of H-pyrrole nitrogens is 1. The Kier molecular flexibility index (Phi) is 4.73. The molecule has 0 bridgehead atoms. The lowest BCUT2D eigenvalue weighted by molar-refractivity contribution is 0.598. The highest BCUT2D eigenvalue weighted by Gasteiger charge is 2.24. The van der Waals surface area contributed by atoms with Gasteiger partial charge >= 0.3 is 0 Å². The van der Waals surface area contributed by atoms with Crippen LogP contribution in [0, 0.1) is 11.7 Å². The fourth-order valence-corrected chi connectivity index (χ4v) is 4.80. The van der Waals surface area contributed by atoms with Crippen molar-refractivity contribution < 1.29 is 12.8 Å². The molecule has 1 aromatic heterocycles. The van der Waals surface area contributed by atoms with Crippen molar-refractivity contribution in [3.8, 4) is 11.5 Å². The summed E-state index contributed by atoms with van der Waals surface area (Å²) >= 11 is 11.4. The van der Waals surface area contributed by atoms with Gasteiger partial charge in [-0.3, -0.25) is 9.52 Å². The van der Waals surface area contributed by atoms with Crippen molar-refractivity contribution in [3.63, 3.8) is 0 Å². The normalized spacial score (nSPS) is 11.9. The van der Waals surface area contributed by atoms with E-state index in [0.29, 0.717) is 16.5 Å². The Labute approximate surface area is 191 Å². The van der Waals surface area contributed by atoms with Gasteiger partial charge in [0, 0.05) is 10.8 Å². The summed E-state index contributed by atoms with van der Waals surface area (Å²) in [6.07, 6.45) is 0. The van der Waals surface area contributed by atoms with E-state index in [2.05, 4.69) is 19.7 Å². The minimum absolute atomic E-state index is 0.0161. The maximum Gasteiger partial charge on any atom is 0.263 e. The number of halogens is 1. The van der Waals surface area contributed by atoms with E-state index in [1.54, 1.807) is 36.4 Å². The summed E-state index contributed by atoms with van der Waals surface area (Å²) in [7, 11) is -3.96. The van der Waals surface area contributed by atoms with E-state index in [0.717, 1.165) is 5.56 Å². The number of aromatic nitrogens is 3. The number of anilines is 1. The van der Waals surface area contributed by atoms with Gasteiger partial charge in [0.15, 0.2) is 17.1 Å². The Balaban J connectivity index is 1.80. The number of aromatic amines is 1. The van der Waals surface area contributed by atoms with E-state index in [9.17, 15) is 13.2 Å². The van der Waals surface area contributed by atoms with Gasteiger partial charge in [-0.15, -0.1) is 0 Å². The number of hydrogen-bond acceptors (Lipinski definition) is 7. The lowest BCUT2D eigenvalue weighted by Gasteiger charge is -2.13. The van der Waals surface area contributed by atoms with Crippen LogP contribution in [-0.2, 0) is 10.0 Å². The van der Waals surface area contributed by atoms with Crippen LogP contribution in [0.4, 0.5) is 5.82 Å². The molecule has 0 amide bonds. The lowest BCUT2D eigenvalue weighted by atomic mass is 10.0. The van der Waals surface area contributed by atoms with Crippen molar-refractivity contribution in [3.05, 3.63) is 74.1 Å². The van der Waals surface area contributed by atoms with E-state index in [4.69, 9.17) is 28.2 Å². The average molecular weight is 485 g/mol. The molecule has 8 nitrogen and oxygen atoms in total. The lowest BCUT2D eigenvalue weighted by Crippen LogP contribution is -2.15. The predicted molar refractivity (Wildman–Crippen MR) is 124 cm³/mol. The molecule has 0 fully saturated rings. The monoisotopic (exact) mass is 484 g/mol. The van der Waals surface area contributed by atoms with Crippen LogP contribution in [0.5, 0.6) is 0 Å². The standard InChI is InChI=1S/C21H13ClN4O4S2/c1-10-6-8-11(9-7-10)32(28,29)26-19-16-20(25-21(31)24-19)30-18-14(22)17(27)13-5-3-2-4-12(13)15(18)23-16/h2-9H,1H3,(H2,24,25,26,31). The Morgan fingerprint density at radius 3 is 2.47 bits per heavy atom. The fourth-order valence-electron chi connectivity index (χ4n) is 3.35. The van der Waals surface area contributed by atoms with Gasteiger partial charge < -0.3 is 9.40 Å². The number of fused-ring (bicyclic) bond motifs is 4. The molecular formula is C21H13ClN4O4S2. The smallest absolute Gasteiger partial charge is 0.263 e. The summed E-state index contributed by atoms with van der Waals surface area (Å²) in [5.74, 6) is 0.0286. The molecule has 32 heavy (non-hydrogen) atoms. The van der Waals surface area contributed by atoms with E-state index in [-0.39, 0.29) is 37.5 Å². The molecule has 1 aliphatic carbocycles. The second-order valence-corrected chi connectivity index (χ2v) is 9.52. The van der Waals surface area contributed by atoms with Crippen LogP contribution in [0.25, 0.3) is 33.5 Å². The molecule has 0 radical (unpaired) electrons. The Morgan fingerprint density at radius 2 is 1.75 bits per heavy atom. The molecular weight excluding hydrogens is 472 g/mol. The molecule has 0 atom stereocenters. The molecule has 0 saturated heterocycles. The second-order valence-electron chi connectivity index (χ2n) is 7.07. The Hall–Kier alpha value is -3.34. The van der Waals surface area contributed by atoms with Crippen LogP contribution >= 0.6 is 23.8 Å². The Bertz CT molecular complexity index is 1730. The van der Waals surface area contributed by atoms with Gasteiger partial charge in [0.2, 0.25) is 10.2 Å². The first-order valence-electron chi connectivity index (χ1n) is 9.29. The third-order valence-electron chi connectivity index (χ3n) is 4.91. The van der Waals surface area contributed by atoms with Gasteiger partial charge in [-0.05, 0) is 31.3 Å². The maximum atomic E-state index is 12.9. The van der Waals surface area contributed by atoms with Gasteiger partial charge in [0.1, 0.15) is 10.7 Å². The highest BCUT2D eigenvalue weighted by Crippen LogP contribution is 2.35. The first-order chi connectivity index (χ1) is 15.2. The third-order valence-corrected chi connectivity index (χ3v) is 6.81. The predicted octanol–water partition coefficient (Wildman–Crippen LogP) is 4.66. The molecule has 2 N–H and O–H groups in total. The second kappa shape index (κ2) is 7.37. The first-order valence-corrected chi connectivity index (χ1v) is 11.6. The molecule has 2 aromatic carbocycles. The minimum atomic E-state index is -3.96. The number of nitrogens with one attached hydrogen (secondary N) is 2. The van der Waals surface area contributed by atoms with Crippen LogP contribution in [0.1, 0.15) is 5.56 Å². The van der Waals surface area contributed by atoms with Crippen molar-refractivity contribution in [1.82, 2.24) is 15.0 Å². The topological polar surface area (TPSA) is 118 Å². The molecule has 3 aromatic rings. The largest absolute Gasteiger partial charge is 0.433 e. The van der Waals surface area contributed by atoms with Crippen molar-refractivity contribution in [2.24, 2.45) is 0 Å². The number of nitrogens with zero attached hydrogens (tertiary/aromatic N) is 2. The first kappa shape index (κ1) is 20.6. The molecule has 0 unspecified atom stereocenters. The Morgan fingerprint density at radius 1 is 1.06 bits per heavy atom. The van der Waals surface area contributed by atoms with Crippen molar-refractivity contribution in [2.75, 3.05) is 4.72 Å². The van der Waals surface area contributed by atoms with Crippen LogP contribution in [0.3, 0.4) is 0 Å². The molecule has 0 spiro atoms. The highest BCUT2D eigenvalue weighted by atomic mass is 35.5. The summed E-state index contributed by atoms with van der Waals surface area (Å²) in [5.41, 5.74) is 0.828. The summed E-state index contributed by atoms with van der Waals surface area (Å²) in [4.78, 5) is 24.1. The van der Waals surface area contributed by atoms with Crippen LogP contribution in [-0.4, -0.2) is 23.4 Å². The van der Waals surface area contributed by atoms with Gasteiger partial charge in [-0.2, -0.15) is 4.98 Å². The molecule has 0 saturated carbocycles. The van der Waals surface area contributed by atoms with Gasteiger partial charge in [-0.25, -0.2) is 13.4 Å². The summed E-state index contributed by atoms with van der Waals surface area (Å²) in [6, 6.07) is 13.2. The molecule has 2 heterocycles. The van der Waals surface area contributed by atoms with Crippen LogP contribution in [0.2, 0.25) is 5.02 Å². The SMILES string of the molecule is Cc1ccc(S(=O)(=O)Nc2[nH]c(=S)nc3oc4c(Cl)c(=O)c5ccccc5c-4nc23)cc1. The molecule has 2 aliphatic rings. The number of rotatable bonds is 3. The van der Waals surface area contributed by atoms with Gasteiger partial charge in [-0.1, -0.05) is 53.6 Å². The number of sulfonamides is 1. The number of benzene rings is 3. The molecule has 160 valence electrons. The third kappa shape index (κ3) is 3.32. The van der Waals surface area contributed by atoms with Crippen LogP contribution in [0.15, 0.2) is 62.6 Å². The maximum absolute atomic E-state index is 12.9. The zero-order valence-electron chi connectivity index (χ0n) is 16.3. The van der Waals surface area contributed by atoms with Crippen LogP contribution < -0.4 is 10.2 Å². The number of hydrogen-bond donors (Lipinski definition) is 2. The van der Waals surface area contributed by atoms with Crippen molar-refractivity contribution >= 4 is 61.7 Å². The summed E-state index contributed by atoms with van der Waals surface area (Å²) < 4.78 is 34.1. The molecule has 1 aliphatic heterocycles. The summed E-state index contributed by atoms with van der Waals surface area (Å²) in [5, 5.41) is 0.735. The van der Waals surface area contributed by atoms with E-state index in [1.165, 1.54) is 12.1 Å². The van der Waals surface area contributed by atoms with Gasteiger partial charge in [0.25, 0.3) is 15.7 Å². The fraction of sp³-hybridized carbons (Fsp3) is 0.0476. The van der Waals surface area contributed by atoms with E-state index < -0.39 is 15.5 Å². The molecule has 11 heteroatoms. The van der Waals surface area contributed by atoms with E-state index in [1.807, 2.05) is 6.92 Å². The minimum Gasteiger partial charge on any atom is -0.433 e. The zero-order valence-corrected chi connectivity index (χ0v) is 18.7. The van der Waals surface area contributed by atoms with Crippen molar-refractivity contribution in [2.45, 2.75) is 11.8 Å².